The van der Waals surface area contributed by atoms with E-state index in [0.717, 1.165) is 12.1 Å². The topological polar surface area (TPSA) is 144 Å². The van der Waals surface area contributed by atoms with Gasteiger partial charge >= 0.3 is 0 Å². The lowest BCUT2D eigenvalue weighted by Crippen LogP contribution is -2.16. The summed E-state index contributed by atoms with van der Waals surface area (Å²) in [6.45, 7) is -1.24. The van der Waals surface area contributed by atoms with Crippen LogP contribution in [0.1, 0.15) is 0 Å². The Bertz CT molecular complexity index is 710. The minimum Gasteiger partial charge on any atom is -0.495 e. The molecule has 1 aromatic carbocycles. The Kier molecular flexibility index (Phi) is 5.56. The highest BCUT2D eigenvalue weighted by molar-refractivity contribution is 7.92. The van der Waals surface area contributed by atoms with E-state index in [4.69, 9.17) is 20.7 Å². The van der Waals surface area contributed by atoms with Crippen LogP contribution in [0, 0.1) is 0 Å². The van der Waals surface area contributed by atoms with Gasteiger partial charge in [-0.1, -0.05) is 0 Å². The van der Waals surface area contributed by atoms with Crippen LogP contribution in [0.4, 0.5) is 5.69 Å². The first-order chi connectivity index (χ1) is 9.69. The molecule has 0 amide bonds. The number of ether oxygens (including phenoxy) is 1. The number of benzene rings is 1. The van der Waals surface area contributed by atoms with Crippen LogP contribution in [0.25, 0.3) is 0 Å². The summed E-state index contributed by atoms with van der Waals surface area (Å²) < 4.78 is 52.9. The highest BCUT2D eigenvalue weighted by Gasteiger charge is 2.26. The molecule has 0 spiro atoms. The van der Waals surface area contributed by atoms with Gasteiger partial charge < -0.3 is 20.7 Å². The molecular formula is C11H17NO7S2. The van der Waals surface area contributed by atoms with E-state index >= 15 is 0 Å². The SMILES string of the molecule is COc1cc(N)c(S(=O)(=O)CCO)cc1S(=O)(=O)CCO. The average molecular weight is 339 g/mol. The lowest BCUT2D eigenvalue weighted by atomic mass is 10.3. The van der Waals surface area contributed by atoms with Crippen molar-refractivity contribution in [1.82, 2.24) is 0 Å². The van der Waals surface area contributed by atoms with Gasteiger partial charge in [0.2, 0.25) is 0 Å². The molecule has 0 aliphatic carbocycles. The molecule has 0 radical (unpaired) electrons. The van der Waals surface area contributed by atoms with Crippen molar-refractivity contribution in [3.63, 3.8) is 0 Å². The highest BCUT2D eigenvalue weighted by atomic mass is 32.2. The summed E-state index contributed by atoms with van der Waals surface area (Å²) in [5.74, 6) is -1.26. The minimum atomic E-state index is -3.93. The molecule has 21 heavy (non-hydrogen) atoms. The Morgan fingerprint density at radius 2 is 1.48 bits per heavy atom. The van der Waals surface area contributed by atoms with Crippen molar-refractivity contribution in [2.24, 2.45) is 0 Å². The monoisotopic (exact) mass is 339 g/mol. The van der Waals surface area contributed by atoms with Crippen molar-refractivity contribution >= 4 is 25.4 Å². The number of aliphatic hydroxyl groups excluding tert-OH is 2. The fourth-order valence-electron chi connectivity index (χ4n) is 1.69. The predicted octanol–water partition coefficient (Wildman–Crippen LogP) is -1.19. The van der Waals surface area contributed by atoms with E-state index in [2.05, 4.69) is 0 Å². The molecule has 0 saturated heterocycles. The number of hydrogen-bond donors (Lipinski definition) is 3. The molecule has 8 nitrogen and oxygen atoms in total. The number of methoxy groups -OCH3 is 1. The van der Waals surface area contributed by atoms with Crippen LogP contribution < -0.4 is 10.5 Å². The Morgan fingerprint density at radius 1 is 1.00 bits per heavy atom. The Balaban J connectivity index is 3.60. The summed E-state index contributed by atoms with van der Waals surface area (Å²) in [4.78, 5) is -0.765. The number of rotatable bonds is 7. The summed E-state index contributed by atoms with van der Waals surface area (Å²) in [6, 6.07) is 1.98. The quantitative estimate of drug-likeness (QED) is 0.526. The maximum absolute atomic E-state index is 12.0. The van der Waals surface area contributed by atoms with E-state index in [9.17, 15) is 16.8 Å². The van der Waals surface area contributed by atoms with Crippen LogP contribution in [-0.2, 0) is 19.7 Å². The van der Waals surface area contributed by atoms with Crippen molar-refractivity contribution < 1.29 is 31.8 Å². The number of anilines is 1. The fraction of sp³-hybridized carbons (Fsp3) is 0.455. The number of sulfone groups is 2. The van der Waals surface area contributed by atoms with Crippen molar-refractivity contribution in [1.29, 1.82) is 0 Å². The van der Waals surface area contributed by atoms with Gasteiger partial charge in [0.15, 0.2) is 19.7 Å². The predicted molar refractivity (Wildman–Crippen MR) is 75.7 cm³/mol. The van der Waals surface area contributed by atoms with E-state index in [-0.39, 0.29) is 16.3 Å². The fourth-order valence-corrected chi connectivity index (χ4v) is 4.15. The zero-order valence-corrected chi connectivity index (χ0v) is 12.9. The number of nitrogens with two attached hydrogens (primary N) is 1. The molecule has 1 aromatic rings. The van der Waals surface area contributed by atoms with Crippen molar-refractivity contribution in [3.05, 3.63) is 12.1 Å². The van der Waals surface area contributed by atoms with Gasteiger partial charge in [0.25, 0.3) is 0 Å². The maximum atomic E-state index is 12.0. The largest absolute Gasteiger partial charge is 0.495 e. The van der Waals surface area contributed by atoms with Gasteiger partial charge in [0.05, 0.1) is 42.4 Å². The van der Waals surface area contributed by atoms with Crippen LogP contribution >= 0.6 is 0 Å². The summed E-state index contributed by atoms with van der Waals surface area (Å²) in [5, 5.41) is 17.6. The first kappa shape index (κ1) is 17.7. The van der Waals surface area contributed by atoms with Crippen molar-refractivity contribution in [2.75, 3.05) is 37.6 Å². The Morgan fingerprint density at radius 3 is 1.90 bits per heavy atom. The molecule has 0 heterocycles. The molecule has 10 heteroatoms. The standard InChI is InChI=1S/C11H17NO7S2/c1-19-9-6-8(12)10(20(15,16)4-2-13)7-11(9)21(17,18)5-3-14/h6-7,13-14H,2-5,12H2,1H3. The third-order valence-corrected chi connectivity index (χ3v) is 6.14. The second-order valence-corrected chi connectivity index (χ2v) is 8.28. The van der Waals surface area contributed by atoms with Crippen molar-refractivity contribution in [3.8, 4) is 5.75 Å². The second kappa shape index (κ2) is 6.60. The third-order valence-electron chi connectivity index (χ3n) is 2.69. The van der Waals surface area contributed by atoms with Crippen molar-refractivity contribution in [2.45, 2.75) is 9.79 Å². The maximum Gasteiger partial charge on any atom is 0.184 e. The van der Waals surface area contributed by atoms with Crippen LogP contribution in [0.2, 0.25) is 0 Å². The molecule has 1 rings (SSSR count). The summed E-state index contributed by atoms with van der Waals surface area (Å²) in [7, 11) is -6.63. The molecule has 0 bridgehead atoms. The van der Waals surface area contributed by atoms with E-state index in [1.807, 2.05) is 0 Å². The average Bonchev–Trinajstić information content (AvgIpc) is 2.37. The molecule has 0 saturated carbocycles. The van der Waals surface area contributed by atoms with Crippen LogP contribution in [0.15, 0.2) is 21.9 Å². The molecule has 0 aliphatic rings. The summed E-state index contributed by atoms with van der Waals surface area (Å²) in [5.41, 5.74) is 5.44. The normalized spacial score (nSPS) is 12.3. The van der Waals surface area contributed by atoms with Crippen LogP contribution in [0.3, 0.4) is 0 Å². The van der Waals surface area contributed by atoms with Crippen LogP contribution in [0.5, 0.6) is 5.75 Å². The number of nitrogen functional groups attached to an aromatic ring is 1. The van der Waals surface area contributed by atoms with Gasteiger partial charge in [-0.3, -0.25) is 0 Å². The first-order valence-corrected chi connectivity index (χ1v) is 9.14. The molecule has 0 unspecified atom stereocenters. The third kappa shape index (κ3) is 3.84. The summed E-state index contributed by atoms with van der Waals surface area (Å²) >= 11 is 0. The number of aliphatic hydroxyl groups is 2. The smallest absolute Gasteiger partial charge is 0.184 e. The molecule has 0 aromatic heterocycles. The van der Waals surface area contributed by atoms with Gasteiger partial charge in [-0.25, -0.2) is 16.8 Å². The molecule has 0 atom stereocenters. The van der Waals surface area contributed by atoms with Gasteiger partial charge in [0.1, 0.15) is 10.6 Å². The lowest BCUT2D eigenvalue weighted by Gasteiger charge is -2.13. The van der Waals surface area contributed by atoms with Gasteiger partial charge in [-0.2, -0.15) is 0 Å². The first-order valence-electron chi connectivity index (χ1n) is 5.84. The summed E-state index contributed by atoms with van der Waals surface area (Å²) in [6.07, 6.45) is 0. The van der Waals surface area contributed by atoms with Gasteiger partial charge in [0, 0.05) is 6.07 Å². The molecular weight excluding hydrogens is 322 g/mol. The Hall–Kier alpha value is -1.36. The van der Waals surface area contributed by atoms with E-state index in [0.29, 0.717) is 0 Å². The zero-order chi connectivity index (χ0) is 16.3. The molecule has 0 aliphatic heterocycles. The van der Waals surface area contributed by atoms with E-state index in [1.165, 1.54) is 7.11 Å². The zero-order valence-electron chi connectivity index (χ0n) is 11.3. The van der Waals surface area contributed by atoms with E-state index in [1.54, 1.807) is 0 Å². The molecule has 120 valence electrons. The highest BCUT2D eigenvalue weighted by Crippen LogP contribution is 2.32. The van der Waals surface area contributed by atoms with E-state index < -0.39 is 49.3 Å². The van der Waals surface area contributed by atoms with Gasteiger partial charge in [-0.15, -0.1) is 0 Å². The van der Waals surface area contributed by atoms with Gasteiger partial charge in [-0.05, 0) is 6.07 Å². The molecule has 0 fully saturated rings. The second-order valence-electron chi connectivity index (χ2n) is 4.13. The van der Waals surface area contributed by atoms with Crippen LogP contribution in [-0.4, -0.2) is 58.9 Å². The number of hydrogen-bond acceptors (Lipinski definition) is 8. The Labute approximate surface area is 123 Å². The lowest BCUT2D eigenvalue weighted by molar-refractivity contribution is 0.319. The minimum absolute atomic E-state index is 0.108. The molecule has 4 N–H and O–H groups in total.